The number of nitrogens with zero attached hydrogens (tertiary/aromatic N) is 1. The number of nitrogens with one attached hydrogen (secondary N) is 1. The first-order chi connectivity index (χ1) is 10.1. The van der Waals surface area contributed by atoms with Crippen LogP contribution in [0.15, 0.2) is 18.2 Å². The van der Waals surface area contributed by atoms with Gasteiger partial charge in [-0.05, 0) is 12.5 Å². The van der Waals surface area contributed by atoms with Gasteiger partial charge in [-0.15, -0.1) is 0 Å². The lowest BCUT2D eigenvalue weighted by atomic mass is 10.1. The van der Waals surface area contributed by atoms with Gasteiger partial charge in [-0.2, -0.15) is 0 Å². The zero-order valence-corrected chi connectivity index (χ0v) is 13.2. The molecule has 0 saturated heterocycles. The second kappa shape index (κ2) is 6.94. The minimum atomic E-state index is -0.609. The fourth-order valence-electron chi connectivity index (χ4n) is 2.71. The zero-order valence-electron chi connectivity index (χ0n) is 12.5. The maximum absolute atomic E-state index is 12.6. The molecular weight excluding hydrogens is 288 g/mol. The normalized spacial score (nSPS) is 17.0. The van der Waals surface area contributed by atoms with Crippen molar-refractivity contribution in [3.8, 4) is 0 Å². The van der Waals surface area contributed by atoms with Crippen molar-refractivity contribution in [3.63, 3.8) is 0 Å². The van der Waals surface area contributed by atoms with Crippen LogP contribution in [0.25, 0.3) is 0 Å². The van der Waals surface area contributed by atoms with Crippen LogP contribution in [0.4, 0.5) is 5.69 Å². The fraction of sp³-hybridized carbons (Fsp3) is 0.500. The Morgan fingerprint density at radius 2 is 2.10 bits per heavy atom. The molecule has 114 valence electrons. The smallest absolute Gasteiger partial charge is 0.254 e. The summed E-state index contributed by atoms with van der Waals surface area (Å²) in [6.45, 7) is 4.22. The van der Waals surface area contributed by atoms with Gasteiger partial charge in [0.2, 0.25) is 5.91 Å². The van der Waals surface area contributed by atoms with Crippen LogP contribution in [0, 0.1) is 0 Å². The minimum absolute atomic E-state index is 0.0928. The quantitative estimate of drug-likeness (QED) is 0.818. The van der Waals surface area contributed by atoms with Crippen molar-refractivity contribution in [1.29, 1.82) is 0 Å². The van der Waals surface area contributed by atoms with Gasteiger partial charge in [0.25, 0.3) is 5.91 Å². The molecule has 1 aromatic rings. The van der Waals surface area contributed by atoms with E-state index in [4.69, 9.17) is 11.6 Å². The highest BCUT2D eigenvalue weighted by Gasteiger charge is 2.38. The predicted octanol–water partition coefficient (Wildman–Crippen LogP) is 3.44. The zero-order chi connectivity index (χ0) is 15.4. The van der Waals surface area contributed by atoms with E-state index in [0.717, 1.165) is 36.9 Å². The number of para-hydroxylation sites is 1. The molecule has 2 amide bonds. The van der Waals surface area contributed by atoms with Crippen molar-refractivity contribution in [2.45, 2.75) is 45.6 Å². The molecule has 21 heavy (non-hydrogen) atoms. The standard InChI is InChI=1S/C16H21ClN2O2/c1-3-4-5-6-10-19-15-12(8-7-9-13(15)17)14(16(19)21)18-11(2)20/h7-9,14H,3-6,10H2,1-2H3,(H,18,20). The lowest BCUT2D eigenvalue weighted by molar-refractivity contribution is -0.126. The van der Waals surface area contributed by atoms with Crippen molar-refractivity contribution in [2.24, 2.45) is 0 Å². The van der Waals surface area contributed by atoms with Gasteiger partial charge in [-0.3, -0.25) is 9.59 Å². The van der Waals surface area contributed by atoms with Crippen LogP contribution < -0.4 is 10.2 Å². The van der Waals surface area contributed by atoms with E-state index in [1.54, 1.807) is 11.0 Å². The molecule has 1 heterocycles. The molecule has 0 fully saturated rings. The summed E-state index contributed by atoms with van der Waals surface area (Å²) in [5.41, 5.74) is 1.54. The first kappa shape index (κ1) is 15.8. The van der Waals surface area contributed by atoms with Gasteiger partial charge >= 0.3 is 0 Å². The third kappa shape index (κ3) is 3.38. The number of carbonyl (C=O) groups excluding carboxylic acids is 2. The summed E-state index contributed by atoms with van der Waals surface area (Å²) in [5, 5.41) is 3.28. The molecule has 0 aromatic heterocycles. The Morgan fingerprint density at radius 3 is 2.76 bits per heavy atom. The van der Waals surface area contributed by atoms with Crippen LogP contribution in [-0.2, 0) is 9.59 Å². The molecule has 0 spiro atoms. The number of amides is 2. The van der Waals surface area contributed by atoms with Crippen molar-refractivity contribution >= 4 is 29.1 Å². The Kier molecular flexibility index (Phi) is 5.23. The first-order valence-corrected chi connectivity index (χ1v) is 7.81. The molecule has 1 aliphatic heterocycles. The number of rotatable bonds is 6. The van der Waals surface area contributed by atoms with E-state index in [2.05, 4.69) is 12.2 Å². The van der Waals surface area contributed by atoms with Crippen molar-refractivity contribution in [3.05, 3.63) is 28.8 Å². The lowest BCUT2D eigenvalue weighted by Crippen LogP contribution is -2.37. The highest BCUT2D eigenvalue weighted by molar-refractivity contribution is 6.34. The van der Waals surface area contributed by atoms with Crippen molar-refractivity contribution in [1.82, 2.24) is 5.32 Å². The van der Waals surface area contributed by atoms with Crippen LogP contribution in [0.2, 0.25) is 5.02 Å². The molecule has 1 aromatic carbocycles. The largest absolute Gasteiger partial charge is 0.341 e. The third-order valence-electron chi connectivity index (χ3n) is 3.69. The Bertz CT molecular complexity index is 545. The molecule has 1 N–H and O–H groups in total. The number of anilines is 1. The average molecular weight is 309 g/mol. The topological polar surface area (TPSA) is 49.4 Å². The van der Waals surface area contributed by atoms with Crippen LogP contribution in [0.1, 0.15) is 51.1 Å². The number of unbranched alkanes of at least 4 members (excludes halogenated alkanes) is 3. The van der Waals surface area contributed by atoms with Gasteiger partial charge in [0, 0.05) is 19.0 Å². The first-order valence-electron chi connectivity index (χ1n) is 7.43. The summed E-state index contributed by atoms with van der Waals surface area (Å²) in [7, 11) is 0. The maximum atomic E-state index is 12.6. The van der Waals surface area contributed by atoms with Crippen LogP contribution >= 0.6 is 11.6 Å². The van der Waals surface area contributed by atoms with Gasteiger partial charge in [-0.1, -0.05) is 49.9 Å². The summed E-state index contributed by atoms with van der Waals surface area (Å²) in [6, 6.07) is 4.83. The highest BCUT2D eigenvalue weighted by atomic mass is 35.5. The Labute approximate surface area is 130 Å². The molecule has 1 atom stereocenters. The van der Waals surface area contributed by atoms with Crippen molar-refractivity contribution < 1.29 is 9.59 Å². The number of benzene rings is 1. The molecule has 1 unspecified atom stereocenters. The third-order valence-corrected chi connectivity index (χ3v) is 4.00. The minimum Gasteiger partial charge on any atom is -0.341 e. The van der Waals surface area contributed by atoms with E-state index in [9.17, 15) is 9.59 Å². The van der Waals surface area contributed by atoms with Gasteiger partial charge in [0.1, 0.15) is 6.04 Å². The summed E-state index contributed by atoms with van der Waals surface area (Å²) in [4.78, 5) is 25.6. The van der Waals surface area contributed by atoms with Crippen LogP contribution in [0.3, 0.4) is 0 Å². The van der Waals surface area contributed by atoms with Gasteiger partial charge < -0.3 is 10.2 Å². The molecule has 1 aliphatic rings. The Hall–Kier alpha value is -1.55. The lowest BCUT2D eigenvalue weighted by Gasteiger charge is -2.18. The fourth-order valence-corrected chi connectivity index (χ4v) is 2.99. The van der Waals surface area contributed by atoms with E-state index in [1.165, 1.54) is 6.92 Å². The second-order valence-corrected chi connectivity index (χ2v) is 5.77. The van der Waals surface area contributed by atoms with E-state index in [0.29, 0.717) is 11.6 Å². The number of fused-ring (bicyclic) bond motifs is 1. The van der Waals surface area contributed by atoms with E-state index < -0.39 is 6.04 Å². The summed E-state index contributed by atoms with van der Waals surface area (Å²) in [5.74, 6) is -0.308. The van der Waals surface area contributed by atoms with Crippen LogP contribution in [0.5, 0.6) is 0 Å². The monoisotopic (exact) mass is 308 g/mol. The number of hydrogen-bond donors (Lipinski definition) is 1. The van der Waals surface area contributed by atoms with Crippen LogP contribution in [-0.4, -0.2) is 18.4 Å². The van der Waals surface area contributed by atoms with E-state index in [1.807, 2.05) is 12.1 Å². The Morgan fingerprint density at radius 1 is 1.33 bits per heavy atom. The Balaban J connectivity index is 2.22. The second-order valence-electron chi connectivity index (χ2n) is 5.36. The predicted molar refractivity (Wildman–Crippen MR) is 84.5 cm³/mol. The van der Waals surface area contributed by atoms with Gasteiger partial charge in [0.15, 0.2) is 0 Å². The van der Waals surface area contributed by atoms with Crippen molar-refractivity contribution in [2.75, 3.05) is 11.4 Å². The molecule has 4 nitrogen and oxygen atoms in total. The average Bonchev–Trinajstić information content (AvgIpc) is 2.70. The summed E-state index contributed by atoms with van der Waals surface area (Å²) < 4.78 is 0. The molecule has 0 aliphatic carbocycles. The van der Waals surface area contributed by atoms with E-state index >= 15 is 0 Å². The summed E-state index contributed by atoms with van der Waals surface area (Å²) in [6.07, 6.45) is 4.34. The number of halogens is 1. The van der Waals surface area contributed by atoms with Gasteiger partial charge in [0.05, 0.1) is 10.7 Å². The number of hydrogen-bond acceptors (Lipinski definition) is 2. The molecule has 5 heteroatoms. The molecule has 0 radical (unpaired) electrons. The summed E-state index contributed by atoms with van der Waals surface area (Å²) >= 11 is 6.27. The maximum Gasteiger partial charge on any atom is 0.254 e. The molecule has 0 saturated carbocycles. The SMILES string of the molecule is CCCCCCN1C(=O)C(NC(C)=O)c2cccc(Cl)c21. The molecule has 2 rings (SSSR count). The molecular formula is C16H21ClN2O2. The number of carbonyl (C=O) groups is 2. The molecule has 0 bridgehead atoms. The highest BCUT2D eigenvalue weighted by Crippen LogP contribution is 2.41. The van der Waals surface area contributed by atoms with Gasteiger partial charge in [-0.25, -0.2) is 0 Å². The van der Waals surface area contributed by atoms with E-state index in [-0.39, 0.29) is 11.8 Å².